The number of likely N-dealkylation sites (N-methyl/N-ethyl adjacent to an activating group) is 1. The number of carbonyl (C=O) groups is 2. The van der Waals surface area contributed by atoms with Gasteiger partial charge in [-0.2, -0.15) is 0 Å². The molecule has 26 heavy (non-hydrogen) atoms. The predicted octanol–water partition coefficient (Wildman–Crippen LogP) is 1.84. The van der Waals surface area contributed by atoms with Crippen LogP contribution in [0, 0.1) is 0 Å². The van der Waals surface area contributed by atoms with Gasteiger partial charge in [0.05, 0.1) is 15.9 Å². The van der Waals surface area contributed by atoms with Crippen LogP contribution in [0.1, 0.15) is 29.3 Å². The molecule has 7 nitrogen and oxygen atoms in total. The molecule has 3 aromatic rings. The molecule has 0 saturated heterocycles. The van der Waals surface area contributed by atoms with Crippen molar-refractivity contribution >= 4 is 39.1 Å². The smallest absolute Gasteiger partial charge is 0.248 e. The van der Waals surface area contributed by atoms with E-state index in [0.29, 0.717) is 17.8 Å². The highest BCUT2D eigenvalue weighted by Crippen LogP contribution is 2.28. The topological polar surface area (TPSA) is 109 Å². The van der Waals surface area contributed by atoms with Crippen molar-refractivity contribution in [1.29, 1.82) is 0 Å². The summed E-state index contributed by atoms with van der Waals surface area (Å²) >= 11 is 1.46. The van der Waals surface area contributed by atoms with Crippen molar-refractivity contribution in [2.24, 2.45) is 5.73 Å². The molecule has 8 heteroatoms. The Balaban J connectivity index is 1.93. The van der Waals surface area contributed by atoms with Gasteiger partial charge in [-0.3, -0.25) is 9.59 Å². The Morgan fingerprint density at radius 1 is 1.27 bits per heavy atom. The zero-order valence-electron chi connectivity index (χ0n) is 14.1. The summed E-state index contributed by atoms with van der Waals surface area (Å²) in [6.07, 6.45) is -1.67. The predicted molar refractivity (Wildman–Crippen MR) is 100.0 cm³/mol. The number of hydrogen-bond acceptors (Lipinski definition) is 5. The van der Waals surface area contributed by atoms with Crippen LogP contribution in [0.25, 0.3) is 10.2 Å². The van der Waals surface area contributed by atoms with E-state index >= 15 is 0 Å². The molecule has 0 radical (unpaired) electrons. The number of carbonyl (C=O) groups excluding carboxylic acids is 2. The molecule has 2 aromatic heterocycles. The molecule has 2 amide bonds. The molecule has 3 rings (SSSR count). The fourth-order valence-electron chi connectivity index (χ4n) is 2.94. The lowest BCUT2D eigenvalue weighted by Gasteiger charge is -2.23. The normalized spacial score (nSPS) is 11.2. The number of benzene rings is 1. The third-order valence-corrected chi connectivity index (χ3v) is 5.03. The highest BCUT2D eigenvalue weighted by atomic mass is 32.1. The zero-order valence-corrected chi connectivity index (χ0v) is 14.9. The maximum atomic E-state index is 12.9. The van der Waals surface area contributed by atoms with E-state index in [2.05, 4.69) is 0 Å². The molecule has 0 spiro atoms. The number of rotatable bonds is 6. The van der Waals surface area contributed by atoms with Gasteiger partial charge in [0.1, 0.15) is 6.54 Å². The van der Waals surface area contributed by atoms with Gasteiger partial charge in [0.15, 0.2) is 6.29 Å². The second-order valence-electron chi connectivity index (χ2n) is 5.75. The Morgan fingerprint density at radius 2 is 2.04 bits per heavy atom. The fraction of sp³-hybridized carbons (Fsp3) is 0.222. The molecule has 0 aliphatic heterocycles. The summed E-state index contributed by atoms with van der Waals surface area (Å²) in [4.78, 5) is 25.8. The van der Waals surface area contributed by atoms with Crippen molar-refractivity contribution in [2.75, 3.05) is 11.4 Å². The minimum absolute atomic E-state index is 0.0537. The van der Waals surface area contributed by atoms with E-state index in [0.717, 1.165) is 10.2 Å². The lowest BCUT2D eigenvalue weighted by molar-refractivity contribution is -0.119. The number of anilines is 1. The number of primary amides is 1. The summed E-state index contributed by atoms with van der Waals surface area (Å²) in [6, 6.07) is 10.1. The summed E-state index contributed by atoms with van der Waals surface area (Å²) in [5, 5.41) is 21.1. The molecule has 0 unspecified atom stereocenters. The van der Waals surface area contributed by atoms with Crippen molar-refractivity contribution in [2.45, 2.75) is 19.8 Å². The number of amides is 2. The number of hydrogen-bond donors (Lipinski definition) is 3. The Bertz CT molecular complexity index is 960. The molecular formula is C18H19N3O4S. The zero-order chi connectivity index (χ0) is 18.8. The number of thiophene rings is 1. The molecule has 0 aliphatic carbocycles. The standard InChI is InChI=1S/C18H19N3O4S/c1-2-20(12-5-3-4-11(8-12)17(19)23)16(22)10-21-13-6-7-26-15(13)9-14(21)18(24)25/h3-9,18,24-25H,2,10H2,1H3,(H2,19,23). The minimum atomic E-state index is -1.67. The van der Waals surface area contributed by atoms with E-state index in [9.17, 15) is 19.8 Å². The first-order valence-electron chi connectivity index (χ1n) is 8.05. The van der Waals surface area contributed by atoms with Crippen LogP contribution in [0.5, 0.6) is 0 Å². The molecule has 0 saturated carbocycles. The van der Waals surface area contributed by atoms with Gasteiger partial charge in [-0.05, 0) is 42.6 Å². The van der Waals surface area contributed by atoms with Gasteiger partial charge in [-0.1, -0.05) is 6.07 Å². The molecule has 0 aliphatic rings. The number of fused-ring (bicyclic) bond motifs is 1. The molecule has 1 aromatic carbocycles. The van der Waals surface area contributed by atoms with Crippen LogP contribution in [0.4, 0.5) is 5.69 Å². The second kappa shape index (κ2) is 7.28. The van der Waals surface area contributed by atoms with E-state index in [4.69, 9.17) is 5.73 Å². The van der Waals surface area contributed by atoms with Gasteiger partial charge < -0.3 is 25.4 Å². The van der Waals surface area contributed by atoms with Crippen LogP contribution in [0.15, 0.2) is 41.8 Å². The highest BCUT2D eigenvalue weighted by Gasteiger charge is 2.21. The fourth-order valence-corrected chi connectivity index (χ4v) is 3.77. The molecule has 0 atom stereocenters. The van der Waals surface area contributed by atoms with Crippen molar-refractivity contribution in [3.05, 3.63) is 53.0 Å². The first-order chi connectivity index (χ1) is 12.4. The third-order valence-electron chi connectivity index (χ3n) is 4.17. The number of aliphatic hydroxyl groups is 2. The Kier molecular flexibility index (Phi) is 5.08. The minimum Gasteiger partial charge on any atom is -0.366 e. The highest BCUT2D eigenvalue weighted by molar-refractivity contribution is 7.17. The van der Waals surface area contributed by atoms with Crippen LogP contribution >= 0.6 is 11.3 Å². The quantitative estimate of drug-likeness (QED) is 0.573. The summed E-state index contributed by atoms with van der Waals surface area (Å²) in [7, 11) is 0. The summed E-state index contributed by atoms with van der Waals surface area (Å²) < 4.78 is 2.47. The SMILES string of the molecule is CCN(C(=O)Cn1c(C(O)O)cc2sccc21)c1cccc(C(N)=O)c1. The van der Waals surface area contributed by atoms with Crippen LogP contribution in [0.3, 0.4) is 0 Å². The van der Waals surface area contributed by atoms with Crippen LogP contribution < -0.4 is 10.6 Å². The van der Waals surface area contributed by atoms with Gasteiger partial charge in [0.25, 0.3) is 0 Å². The van der Waals surface area contributed by atoms with E-state index < -0.39 is 12.2 Å². The molecular weight excluding hydrogens is 354 g/mol. The van der Waals surface area contributed by atoms with E-state index in [-0.39, 0.29) is 18.1 Å². The first-order valence-corrected chi connectivity index (χ1v) is 8.93. The average Bonchev–Trinajstić information content (AvgIpc) is 3.18. The number of nitrogens with two attached hydrogens (primary N) is 1. The maximum Gasteiger partial charge on any atom is 0.248 e. The second-order valence-corrected chi connectivity index (χ2v) is 6.70. The number of aromatic nitrogens is 1. The third kappa shape index (κ3) is 3.34. The van der Waals surface area contributed by atoms with Gasteiger partial charge in [0, 0.05) is 17.8 Å². The van der Waals surface area contributed by atoms with Gasteiger partial charge >= 0.3 is 0 Å². The van der Waals surface area contributed by atoms with Crippen LogP contribution in [-0.4, -0.2) is 33.1 Å². The van der Waals surface area contributed by atoms with Crippen LogP contribution in [-0.2, 0) is 11.3 Å². The lowest BCUT2D eigenvalue weighted by atomic mass is 10.1. The summed E-state index contributed by atoms with van der Waals surface area (Å²) in [5.41, 5.74) is 7.23. The number of nitrogens with zero attached hydrogens (tertiary/aromatic N) is 2. The van der Waals surface area contributed by atoms with Crippen molar-refractivity contribution < 1.29 is 19.8 Å². The monoisotopic (exact) mass is 373 g/mol. The van der Waals surface area contributed by atoms with Crippen molar-refractivity contribution in [3.8, 4) is 0 Å². The van der Waals surface area contributed by atoms with Crippen LogP contribution in [0.2, 0.25) is 0 Å². The molecule has 2 heterocycles. The average molecular weight is 373 g/mol. The van der Waals surface area contributed by atoms with E-state index in [1.54, 1.807) is 34.9 Å². The van der Waals surface area contributed by atoms with Crippen molar-refractivity contribution in [3.63, 3.8) is 0 Å². The van der Waals surface area contributed by atoms with Crippen molar-refractivity contribution in [1.82, 2.24) is 4.57 Å². The molecule has 136 valence electrons. The molecule has 4 N–H and O–H groups in total. The maximum absolute atomic E-state index is 12.9. The summed E-state index contributed by atoms with van der Waals surface area (Å²) in [6.45, 7) is 2.17. The van der Waals surface area contributed by atoms with Gasteiger partial charge in [-0.15, -0.1) is 11.3 Å². The lowest BCUT2D eigenvalue weighted by Crippen LogP contribution is -2.34. The molecule has 0 bridgehead atoms. The Labute approximate surface area is 153 Å². The van der Waals surface area contributed by atoms with E-state index in [1.807, 2.05) is 18.4 Å². The Morgan fingerprint density at radius 3 is 2.69 bits per heavy atom. The molecule has 0 fully saturated rings. The summed E-state index contributed by atoms with van der Waals surface area (Å²) in [5.74, 6) is -0.800. The number of aliphatic hydroxyl groups excluding tert-OH is 1. The first kappa shape index (κ1) is 18.1. The van der Waals surface area contributed by atoms with E-state index in [1.165, 1.54) is 16.2 Å². The van der Waals surface area contributed by atoms with Gasteiger partial charge in [0.2, 0.25) is 11.8 Å². The van der Waals surface area contributed by atoms with Gasteiger partial charge in [-0.25, -0.2) is 0 Å². The Hall–Kier alpha value is -2.68. The largest absolute Gasteiger partial charge is 0.366 e.